The summed E-state index contributed by atoms with van der Waals surface area (Å²) >= 11 is 0. The van der Waals surface area contributed by atoms with Gasteiger partial charge in [-0.3, -0.25) is 10.1 Å². The Morgan fingerprint density at radius 1 is 1.19 bits per heavy atom. The summed E-state index contributed by atoms with van der Waals surface area (Å²) in [5.74, 6) is 0. The molecule has 0 saturated heterocycles. The van der Waals surface area contributed by atoms with E-state index >= 15 is 0 Å². The minimum absolute atomic E-state index is 0.0607. The van der Waals surface area contributed by atoms with Gasteiger partial charge in [0.25, 0.3) is 5.69 Å². The third-order valence-electron chi connectivity index (χ3n) is 3.68. The lowest BCUT2D eigenvalue weighted by Gasteiger charge is -2.15. The molecule has 0 aliphatic heterocycles. The molecule has 0 aromatic heterocycles. The van der Waals surface area contributed by atoms with E-state index in [1.165, 1.54) is 22.8 Å². The van der Waals surface area contributed by atoms with Crippen LogP contribution in [0, 0.1) is 24.0 Å². The van der Waals surface area contributed by atoms with Crippen molar-refractivity contribution in [3.63, 3.8) is 0 Å². The molecule has 0 fully saturated rings. The summed E-state index contributed by atoms with van der Waals surface area (Å²) in [5, 5.41) is 14.2. The average molecular weight is 284 g/mol. The summed E-state index contributed by atoms with van der Waals surface area (Å²) in [6.45, 7) is 6.94. The first-order valence-electron chi connectivity index (χ1n) is 7.01. The monoisotopic (exact) mass is 284 g/mol. The Morgan fingerprint density at radius 3 is 2.62 bits per heavy atom. The maximum atomic E-state index is 10.8. The van der Waals surface area contributed by atoms with Crippen LogP contribution < -0.4 is 5.32 Å². The van der Waals surface area contributed by atoms with Crippen LogP contribution in [0.25, 0.3) is 0 Å². The summed E-state index contributed by atoms with van der Waals surface area (Å²) in [5.41, 5.74) is 4.82. The van der Waals surface area contributed by atoms with Crippen molar-refractivity contribution in [2.24, 2.45) is 0 Å². The highest BCUT2D eigenvalue weighted by atomic mass is 16.6. The zero-order chi connectivity index (χ0) is 15.4. The number of nitro benzene ring substituents is 1. The van der Waals surface area contributed by atoms with Crippen LogP contribution in [-0.2, 0) is 6.54 Å². The quantitative estimate of drug-likeness (QED) is 0.665. The number of benzene rings is 2. The third kappa shape index (κ3) is 3.89. The molecule has 2 aromatic carbocycles. The van der Waals surface area contributed by atoms with Crippen LogP contribution in [0.1, 0.15) is 35.2 Å². The van der Waals surface area contributed by atoms with Crippen LogP contribution in [0.4, 0.5) is 5.69 Å². The molecule has 110 valence electrons. The van der Waals surface area contributed by atoms with Gasteiger partial charge < -0.3 is 5.32 Å². The van der Waals surface area contributed by atoms with E-state index in [4.69, 9.17) is 0 Å². The Kier molecular flexibility index (Phi) is 4.70. The summed E-state index contributed by atoms with van der Waals surface area (Å²) in [7, 11) is 0. The van der Waals surface area contributed by atoms with Crippen molar-refractivity contribution in [1.82, 2.24) is 5.32 Å². The largest absolute Gasteiger partial charge is 0.306 e. The van der Waals surface area contributed by atoms with Gasteiger partial charge in [0.15, 0.2) is 0 Å². The lowest BCUT2D eigenvalue weighted by Crippen LogP contribution is -2.18. The van der Waals surface area contributed by atoms with Gasteiger partial charge in [-0.25, -0.2) is 0 Å². The van der Waals surface area contributed by atoms with Crippen molar-refractivity contribution in [2.45, 2.75) is 33.4 Å². The Morgan fingerprint density at radius 2 is 1.95 bits per heavy atom. The van der Waals surface area contributed by atoms with Crippen LogP contribution in [-0.4, -0.2) is 4.92 Å². The molecule has 21 heavy (non-hydrogen) atoms. The lowest BCUT2D eigenvalue weighted by atomic mass is 10.0. The number of aryl methyl sites for hydroxylation is 2. The number of nitrogens with zero attached hydrogens (tertiary/aromatic N) is 1. The standard InChI is InChI=1S/C17H20N2O2/c1-12-7-8-16(13(2)9-12)11-18-14(3)15-5-4-6-17(10-15)19(20)21/h4-10,14,18H,11H2,1-3H3. The van der Waals surface area contributed by atoms with Crippen LogP contribution in [0.2, 0.25) is 0 Å². The van der Waals surface area contributed by atoms with Gasteiger partial charge in [0.05, 0.1) is 4.92 Å². The van der Waals surface area contributed by atoms with Crippen molar-refractivity contribution in [3.05, 3.63) is 74.8 Å². The predicted octanol–water partition coefficient (Wildman–Crippen LogP) is 4.06. The first-order chi connectivity index (χ1) is 9.97. The molecule has 0 spiro atoms. The average Bonchev–Trinajstić information content (AvgIpc) is 2.46. The first kappa shape index (κ1) is 15.2. The van der Waals surface area contributed by atoms with Crippen molar-refractivity contribution < 1.29 is 4.92 Å². The van der Waals surface area contributed by atoms with Gasteiger partial charge in [-0.05, 0) is 37.5 Å². The molecule has 0 amide bonds. The molecule has 0 radical (unpaired) electrons. The van der Waals surface area contributed by atoms with E-state index in [1.54, 1.807) is 12.1 Å². The normalized spacial score (nSPS) is 12.1. The van der Waals surface area contributed by atoms with Gasteiger partial charge in [0.2, 0.25) is 0 Å². The van der Waals surface area contributed by atoms with Crippen molar-refractivity contribution in [3.8, 4) is 0 Å². The Labute approximate surface area is 125 Å². The zero-order valence-electron chi connectivity index (χ0n) is 12.6. The van der Waals surface area contributed by atoms with Crippen LogP contribution in [0.15, 0.2) is 42.5 Å². The number of nitro groups is 1. The van der Waals surface area contributed by atoms with Crippen LogP contribution >= 0.6 is 0 Å². The highest BCUT2D eigenvalue weighted by Gasteiger charge is 2.11. The fourth-order valence-corrected chi connectivity index (χ4v) is 2.33. The molecule has 0 saturated carbocycles. The van der Waals surface area contributed by atoms with E-state index in [9.17, 15) is 10.1 Å². The molecule has 2 aromatic rings. The molecule has 0 bridgehead atoms. The highest BCUT2D eigenvalue weighted by Crippen LogP contribution is 2.20. The van der Waals surface area contributed by atoms with E-state index in [0.717, 1.165) is 12.1 Å². The van der Waals surface area contributed by atoms with Crippen molar-refractivity contribution in [2.75, 3.05) is 0 Å². The summed E-state index contributed by atoms with van der Waals surface area (Å²) in [6, 6.07) is 13.2. The second-order valence-electron chi connectivity index (χ2n) is 5.38. The predicted molar refractivity (Wildman–Crippen MR) is 84.3 cm³/mol. The lowest BCUT2D eigenvalue weighted by molar-refractivity contribution is -0.384. The van der Waals surface area contributed by atoms with Gasteiger partial charge in [-0.1, -0.05) is 35.9 Å². The molecule has 0 heterocycles. The Hall–Kier alpha value is -2.20. The molecule has 0 aliphatic carbocycles. The van der Waals surface area contributed by atoms with Gasteiger partial charge in [-0.2, -0.15) is 0 Å². The fraction of sp³-hybridized carbons (Fsp3) is 0.294. The third-order valence-corrected chi connectivity index (χ3v) is 3.68. The van der Waals surface area contributed by atoms with Gasteiger partial charge >= 0.3 is 0 Å². The molecule has 2 rings (SSSR count). The molecule has 0 aliphatic rings. The number of nitrogens with one attached hydrogen (secondary N) is 1. The smallest absolute Gasteiger partial charge is 0.269 e. The number of non-ortho nitro benzene ring substituents is 1. The van der Waals surface area contributed by atoms with Gasteiger partial charge in [-0.15, -0.1) is 0 Å². The second-order valence-corrected chi connectivity index (χ2v) is 5.38. The molecular formula is C17H20N2O2. The van der Waals surface area contributed by atoms with E-state index < -0.39 is 0 Å². The highest BCUT2D eigenvalue weighted by molar-refractivity contribution is 5.36. The second kappa shape index (κ2) is 6.50. The van der Waals surface area contributed by atoms with E-state index in [2.05, 4.69) is 37.4 Å². The number of rotatable bonds is 5. The zero-order valence-corrected chi connectivity index (χ0v) is 12.6. The van der Waals surface area contributed by atoms with Gasteiger partial charge in [0.1, 0.15) is 0 Å². The molecule has 1 unspecified atom stereocenters. The molecule has 1 N–H and O–H groups in total. The topological polar surface area (TPSA) is 55.2 Å². The summed E-state index contributed by atoms with van der Waals surface area (Å²) < 4.78 is 0. The van der Waals surface area contributed by atoms with Crippen molar-refractivity contribution in [1.29, 1.82) is 0 Å². The van der Waals surface area contributed by atoms with Gasteiger partial charge in [0, 0.05) is 24.7 Å². The maximum absolute atomic E-state index is 10.8. The molecular weight excluding hydrogens is 264 g/mol. The fourth-order valence-electron chi connectivity index (χ4n) is 2.33. The molecule has 1 atom stereocenters. The number of hydrogen-bond donors (Lipinski definition) is 1. The van der Waals surface area contributed by atoms with E-state index in [1.807, 2.05) is 13.0 Å². The van der Waals surface area contributed by atoms with E-state index in [0.29, 0.717) is 0 Å². The minimum atomic E-state index is -0.361. The SMILES string of the molecule is Cc1ccc(CNC(C)c2cccc([N+](=O)[O-])c2)c(C)c1. The molecule has 4 nitrogen and oxygen atoms in total. The number of hydrogen-bond acceptors (Lipinski definition) is 3. The van der Waals surface area contributed by atoms with Crippen molar-refractivity contribution >= 4 is 5.69 Å². The maximum Gasteiger partial charge on any atom is 0.269 e. The summed E-state index contributed by atoms with van der Waals surface area (Å²) in [4.78, 5) is 10.5. The van der Waals surface area contributed by atoms with E-state index in [-0.39, 0.29) is 16.7 Å². The first-order valence-corrected chi connectivity index (χ1v) is 7.01. The summed E-state index contributed by atoms with van der Waals surface area (Å²) in [6.07, 6.45) is 0. The Bertz CT molecular complexity index is 653. The van der Waals surface area contributed by atoms with Crippen LogP contribution in [0.5, 0.6) is 0 Å². The Balaban J connectivity index is 2.06. The molecule has 4 heteroatoms. The minimum Gasteiger partial charge on any atom is -0.306 e. The van der Waals surface area contributed by atoms with Crippen LogP contribution in [0.3, 0.4) is 0 Å².